The van der Waals surface area contributed by atoms with Crippen LogP contribution in [-0.4, -0.2) is 25.5 Å². The second kappa shape index (κ2) is 5.35. The normalized spacial score (nSPS) is 32.9. The molecular weight excluding hydrogens is 277 g/mol. The predicted molar refractivity (Wildman–Crippen MR) is 75.6 cm³/mol. The van der Waals surface area contributed by atoms with E-state index in [0.29, 0.717) is 24.1 Å². The molecule has 2 atom stereocenters. The van der Waals surface area contributed by atoms with E-state index in [-0.39, 0.29) is 22.2 Å². The molecule has 0 saturated carbocycles. The van der Waals surface area contributed by atoms with Gasteiger partial charge >= 0.3 is 0 Å². The van der Waals surface area contributed by atoms with Gasteiger partial charge in [0.25, 0.3) is 0 Å². The van der Waals surface area contributed by atoms with Crippen molar-refractivity contribution >= 4 is 16.6 Å². The molecule has 2 aliphatic heterocycles. The van der Waals surface area contributed by atoms with E-state index in [1.54, 1.807) is 6.92 Å². The van der Waals surface area contributed by atoms with Gasteiger partial charge in [-0.3, -0.25) is 9.00 Å². The summed E-state index contributed by atoms with van der Waals surface area (Å²) in [5, 5.41) is 0.343. The molecule has 2 unspecified atom stereocenters. The summed E-state index contributed by atoms with van der Waals surface area (Å²) in [6.45, 7) is 1.66. The Bertz CT molecular complexity index is 559. The van der Waals surface area contributed by atoms with Crippen molar-refractivity contribution < 1.29 is 13.4 Å². The number of Topliss-reactive ketones (excluding diaryl/α,β-unsaturated/α-hetero) is 1. The Balaban J connectivity index is 1.83. The second-order valence-electron chi connectivity index (χ2n) is 5.80. The van der Waals surface area contributed by atoms with Gasteiger partial charge in [-0.25, -0.2) is 4.98 Å². The summed E-state index contributed by atoms with van der Waals surface area (Å²) in [6.07, 6.45) is 4.47. The number of aromatic nitrogens is 1. The molecule has 3 heterocycles. The van der Waals surface area contributed by atoms with Crippen LogP contribution in [0.15, 0.2) is 12.1 Å². The van der Waals surface area contributed by atoms with Gasteiger partial charge in [0.15, 0.2) is 5.78 Å². The summed E-state index contributed by atoms with van der Waals surface area (Å²) in [6, 6.07) is 2.77. The highest BCUT2D eigenvalue weighted by Gasteiger charge is 2.40. The Morgan fingerprint density at radius 3 is 2.55 bits per heavy atom. The first-order chi connectivity index (χ1) is 9.56. The van der Waals surface area contributed by atoms with Crippen LogP contribution in [0.2, 0.25) is 0 Å². The first kappa shape index (κ1) is 13.9. The molecule has 0 aliphatic carbocycles. The van der Waals surface area contributed by atoms with Crippen LogP contribution in [0.5, 0.6) is 0 Å². The number of carbonyl (C=O) groups is 1. The fraction of sp³-hybridized carbons (Fsp3) is 0.600. The second-order valence-corrected chi connectivity index (χ2v) is 7.79. The van der Waals surface area contributed by atoms with Crippen molar-refractivity contribution in [2.45, 2.75) is 49.5 Å². The zero-order valence-electron chi connectivity index (χ0n) is 11.5. The lowest BCUT2D eigenvalue weighted by molar-refractivity contribution is 0.0894. The Morgan fingerprint density at radius 2 is 1.95 bits per heavy atom. The largest absolute Gasteiger partial charge is 0.294 e. The number of carbonyl (C=O) groups excluding carboxylic acids is 1. The molecule has 0 radical (unpaired) electrons. The SMILES string of the molecule is Cc1nc(F)ccc1C(=O)C1CC2CCCC(C1)S2=O. The van der Waals surface area contributed by atoms with Gasteiger partial charge in [-0.05, 0) is 44.7 Å². The maximum Gasteiger partial charge on any atom is 0.213 e. The molecule has 0 aromatic carbocycles. The third-order valence-electron chi connectivity index (χ3n) is 4.49. The number of nitrogens with zero attached hydrogens (tertiary/aromatic N) is 1. The van der Waals surface area contributed by atoms with E-state index in [2.05, 4.69) is 4.98 Å². The third-order valence-corrected chi connectivity index (χ3v) is 6.66. The minimum Gasteiger partial charge on any atom is -0.294 e. The number of hydrogen-bond donors (Lipinski definition) is 0. The highest BCUT2D eigenvalue weighted by Crippen LogP contribution is 2.38. The highest BCUT2D eigenvalue weighted by molar-refractivity contribution is 7.86. The minimum atomic E-state index is -0.766. The monoisotopic (exact) mass is 295 g/mol. The minimum absolute atomic E-state index is 0.0450. The van der Waals surface area contributed by atoms with Gasteiger partial charge < -0.3 is 0 Å². The van der Waals surface area contributed by atoms with Crippen molar-refractivity contribution in [2.24, 2.45) is 5.92 Å². The molecule has 20 heavy (non-hydrogen) atoms. The Hall–Kier alpha value is -1.10. The van der Waals surface area contributed by atoms with Crippen molar-refractivity contribution in [2.75, 3.05) is 0 Å². The van der Waals surface area contributed by atoms with Crippen LogP contribution in [0.1, 0.15) is 48.2 Å². The smallest absolute Gasteiger partial charge is 0.213 e. The topological polar surface area (TPSA) is 47.0 Å². The molecule has 2 fully saturated rings. The van der Waals surface area contributed by atoms with E-state index in [0.717, 1.165) is 19.3 Å². The Labute approximate surface area is 120 Å². The van der Waals surface area contributed by atoms with E-state index >= 15 is 0 Å². The van der Waals surface area contributed by atoms with Crippen molar-refractivity contribution in [3.8, 4) is 0 Å². The lowest BCUT2D eigenvalue weighted by atomic mass is 9.84. The summed E-state index contributed by atoms with van der Waals surface area (Å²) >= 11 is 0. The molecule has 0 amide bonds. The number of pyridine rings is 1. The fourth-order valence-corrected chi connectivity index (χ4v) is 5.65. The van der Waals surface area contributed by atoms with Crippen LogP contribution in [0.3, 0.4) is 0 Å². The summed E-state index contributed by atoms with van der Waals surface area (Å²) in [7, 11) is -0.766. The molecule has 5 heteroatoms. The van der Waals surface area contributed by atoms with E-state index in [1.807, 2.05) is 0 Å². The van der Waals surface area contributed by atoms with Crippen LogP contribution in [-0.2, 0) is 10.8 Å². The van der Waals surface area contributed by atoms with Crippen LogP contribution < -0.4 is 0 Å². The molecule has 108 valence electrons. The molecule has 2 saturated heterocycles. The van der Waals surface area contributed by atoms with Gasteiger partial charge in [-0.15, -0.1) is 0 Å². The first-order valence-electron chi connectivity index (χ1n) is 7.13. The molecule has 3 nitrogen and oxygen atoms in total. The van der Waals surface area contributed by atoms with Crippen LogP contribution in [0, 0.1) is 18.8 Å². The predicted octanol–water partition coefficient (Wildman–Crippen LogP) is 2.79. The van der Waals surface area contributed by atoms with Crippen LogP contribution in [0.25, 0.3) is 0 Å². The van der Waals surface area contributed by atoms with Gasteiger partial charge in [0.05, 0.1) is 5.69 Å². The summed E-state index contributed by atoms with van der Waals surface area (Å²) in [5.41, 5.74) is 0.967. The van der Waals surface area contributed by atoms with Crippen LogP contribution in [0.4, 0.5) is 4.39 Å². The third kappa shape index (κ3) is 2.43. The van der Waals surface area contributed by atoms with Crippen molar-refractivity contribution in [1.82, 2.24) is 4.98 Å². The van der Waals surface area contributed by atoms with E-state index in [1.165, 1.54) is 12.1 Å². The molecular formula is C15H18FNO2S. The van der Waals surface area contributed by atoms with Crippen molar-refractivity contribution in [1.29, 1.82) is 0 Å². The van der Waals surface area contributed by atoms with Crippen molar-refractivity contribution in [3.05, 3.63) is 29.3 Å². The van der Waals surface area contributed by atoms with Gasteiger partial charge in [0, 0.05) is 32.8 Å². The molecule has 0 N–H and O–H groups in total. The van der Waals surface area contributed by atoms with Gasteiger partial charge in [-0.1, -0.05) is 6.42 Å². The fourth-order valence-electron chi connectivity index (χ4n) is 3.46. The zero-order chi connectivity index (χ0) is 14.3. The summed E-state index contributed by atoms with van der Waals surface area (Å²) in [4.78, 5) is 16.3. The van der Waals surface area contributed by atoms with Crippen LogP contribution >= 0.6 is 0 Å². The molecule has 2 bridgehead atoms. The lowest BCUT2D eigenvalue weighted by Crippen LogP contribution is -2.41. The molecule has 2 aliphatic rings. The zero-order valence-corrected chi connectivity index (χ0v) is 12.3. The summed E-state index contributed by atoms with van der Waals surface area (Å²) < 4.78 is 25.2. The number of ketones is 1. The van der Waals surface area contributed by atoms with E-state index in [9.17, 15) is 13.4 Å². The number of rotatable bonds is 2. The quantitative estimate of drug-likeness (QED) is 0.622. The van der Waals surface area contributed by atoms with Crippen molar-refractivity contribution in [3.63, 3.8) is 0 Å². The molecule has 1 aromatic heterocycles. The standard InChI is InChI=1S/C15H18FNO2S/c1-9-13(5-6-14(16)17-9)15(18)10-7-11-3-2-4-12(8-10)20(11)19/h5-6,10-12H,2-4,7-8H2,1H3. The lowest BCUT2D eigenvalue weighted by Gasteiger charge is -2.37. The maximum atomic E-state index is 13.0. The number of hydrogen-bond acceptors (Lipinski definition) is 3. The molecule has 3 rings (SSSR count). The highest BCUT2D eigenvalue weighted by atomic mass is 32.2. The van der Waals surface area contributed by atoms with Gasteiger partial charge in [-0.2, -0.15) is 4.39 Å². The molecule has 1 aromatic rings. The average molecular weight is 295 g/mol. The Kier molecular flexibility index (Phi) is 3.71. The number of fused-ring (bicyclic) bond motifs is 2. The number of halogens is 1. The maximum absolute atomic E-state index is 13.0. The van der Waals surface area contributed by atoms with E-state index in [4.69, 9.17) is 0 Å². The van der Waals surface area contributed by atoms with E-state index < -0.39 is 16.7 Å². The van der Waals surface area contributed by atoms with Gasteiger partial charge in [0.2, 0.25) is 5.95 Å². The summed E-state index contributed by atoms with van der Waals surface area (Å²) in [5.74, 6) is -0.585. The number of aryl methyl sites for hydroxylation is 1. The average Bonchev–Trinajstić information content (AvgIpc) is 2.37. The first-order valence-corrected chi connectivity index (χ1v) is 8.40. The van der Waals surface area contributed by atoms with Gasteiger partial charge in [0.1, 0.15) is 0 Å². The Morgan fingerprint density at radius 1 is 1.30 bits per heavy atom. The molecule has 0 spiro atoms.